The number of nitrogens with two attached hydrogens (primary N) is 1. The minimum absolute atomic E-state index is 0.485. The fourth-order valence-corrected chi connectivity index (χ4v) is 1.94. The lowest BCUT2D eigenvalue weighted by molar-refractivity contribution is 0.926. The van der Waals surface area contributed by atoms with Gasteiger partial charge < -0.3 is 10.1 Å². The Morgan fingerprint density at radius 3 is 3.00 bits per heavy atom. The van der Waals surface area contributed by atoms with Crippen molar-refractivity contribution in [3.63, 3.8) is 0 Å². The van der Waals surface area contributed by atoms with Gasteiger partial charge in [-0.15, -0.1) is 0 Å². The lowest BCUT2D eigenvalue weighted by Gasteiger charge is -2.02. The Morgan fingerprint density at radius 2 is 2.36 bits per heavy atom. The van der Waals surface area contributed by atoms with E-state index in [1.165, 1.54) is 0 Å². The predicted octanol–water partition coefficient (Wildman–Crippen LogP) is 2.01. The van der Waals surface area contributed by atoms with Crippen LogP contribution in [0.1, 0.15) is 18.3 Å². The van der Waals surface area contributed by atoms with E-state index in [1.54, 1.807) is 0 Å². The summed E-state index contributed by atoms with van der Waals surface area (Å²) in [6, 6.07) is 3.94. The van der Waals surface area contributed by atoms with Crippen molar-refractivity contribution < 1.29 is 0 Å². The number of aromatic nitrogens is 2. The molecule has 0 aromatic carbocycles. The Hall–Kier alpha value is -1.06. The quantitative estimate of drug-likeness (QED) is 0.823. The van der Waals surface area contributed by atoms with Crippen LogP contribution in [0, 0.1) is 0 Å². The molecule has 2 heterocycles. The Morgan fingerprint density at radius 1 is 1.57 bits per heavy atom. The molecule has 0 atom stereocenters. The molecule has 4 heteroatoms. The van der Waals surface area contributed by atoms with Gasteiger partial charge in [-0.2, -0.15) is 0 Å². The summed E-state index contributed by atoms with van der Waals surface area (Å²) in [5.74, 6) is 0.973. The van der Waals surface area contributed by atoms with Gasteiger partial charge in [0.05, 0.1) is 5.52 Å². The monoisotopic (exact) mass is 209 g/mol. The third kappa shape index (κ3) is 1.29. The van der Waals surface area contributed by atoms with Gasteiger partial charge in [0.1, 0.15) is 5.82 Å². The molecule has 0 amide bonds. The molecule has 0 aliphatic carbocycles. The van der Waals surface area contributed by atoms with E-state index < -0.39 is 0 Å². The van der Waals surface area contributed by atoms with Crippen molar-refractivity contribution in [3.05, 3.63) is 34.9 Å². The molecule has 2 aromatic rings. The van der Waals surface area contributed by atoms with E-state index in [9.17, 15) is 0 Å². The number of hydrogen-bond donors (Lipinski definition) is 1. The predicted molar refractivity (Wildman–Crippen MR) is 57.5 cm³/mol. The molecule has 0 fully saturated rings. The van der Waals surface area contributed by atoms with Gasteiger partial charge in [-0.1, -0.05) is 24.6 Å². The van der Waals surface area contributed by atoms with E-state index in [0.717, 1.165) is 23.3 Å². The molecule has 3 nitrogen and oxygen atoms in total. The SMILES string of the molecule is CCc1nc(Cl)c2c(CN)cccn12. The van der Waals surface area contributed by atoms with Crippen LogP contribution in [0.2, 0.25) is 5.15 Å². The lowest BCUT2D eigenvalue weighted by Crippen LogP contribution is -2.00. The summed E-state index contributed by atoms with van der Waals surface area (Å²) < 4.78 is 2.00. The molecule has 0 saturated carbocycles. The van der Waals surface area contributed by atoms with Crippen molar-refractivity contribution in [2.45, 2.75) is 19.9 Å². The third-order valence-corrected chi connectivity index (χ3v) is 2.58. The number of nitrogens with zero attached hydrogens (tertiary/aromatic N) is 2. The first-order chi connectivity index (χ1) is 6.77. The number of imidazole rings is 1. The van der Waals surface area contributed by atoms with E-state index in [2.05, 4.69) is 11.9 Å². The summed E-state index contributed by atoms with van der Waals surface area (Å²) in [4.78, 5) is 4.29. The van der Waals surface area contributed by atoms with Gasteiger partial charge >= 0.3 is 0 Å². The van der Waals surface area contributed by atoms with Gasteiger partial charge in [-0.25, -0.2) is 4.98 Å². The molecule has 0 spiro atoms. The molecule has 0 aliphatic rings. The molecule has 74 valence electrons. The van der Waals surface area contributed by atoms with Gasteiger partial charge in [0, 0.05) is 19.2 Å². The zero-order valence-electron chi connectivity index (χ0n) is 8.00. The fraction of sp³-hybridized carbons (Fsp3) is 0.300. The van der Waals surface area contributed by atoms with Crippen LogP contribution in [0.3, 0.4) is 0 Å². The fourth-order valence-electron chi connectivity index (χ4n) is 1.63. The van der Waals surface area contributed by atoms with E-state index >= 15 is 0 Å². The first-order valence-corrected chi connectivity index (χ1v) is 5.00. The molecule has 0 aliphatic heterocycles. The maximum absolute atomic E-state index is 6.05. The number of halogens is 1. The summed E-state index contributed by atoms with van der Waals surface area (Å²) >= 11 is 6.05. The van der Waals surface area contributed by atoms with Gasteiger partial charge in [-0.3, -0.25) is 0 Å². The molecule has 0 saturated heterocycles. The second kappa shape index (κ2) is 3.59. The highest BCUT2D eigenvalue weighted by Gasteiger charge is 2.10. The standard InChI is InChI=1S/C10H12ClN3/c1-2-8-13-10(11)9-7(6-12)4-3-5-14(8)9/h3-5H,2,6,12H2,1H3. The first-order valence-electron chi connectivity index (χ1n) is 4.62. The number of pyridine rings is 1. The van der Waals surface area contributed by atoms with Crippen LogP contribution in [0.15, 0.2) is 18.3 Å². The van der Waals surface area contributed by atoms with Crippen molar-refractivity contribution >= 4 is 17.1 Å². The van der Waals surface area contributed by atoms with Crippen molar-refractivity contribution in [1.29, 1.82) is 0 Å². The van der Waals surface area contributed by atoms with Crippen molar-refractivity contribution in [1.82, 2.24) is 9.38 Å². The van der Waals surface area contributed by atoms with Crippen molar-refractivity contribution in [3.8, 4) is 0 Å². The Labute approximate surface area is 87.5 Å². The number of rotatable bonds is 2. The number of fused-ring (bicyclic) bond motifs is 1. The molecule has 0 bridgehead atoms. The van der Waals surface area contributed by atoms with Crippen molar-refractivity contribution in [2.75, 3.05) is 0 Å². The van der Waals surface area contributed by atoms with Crippen LogP contribution in [-0.2, 0) is 13.0 Å². The van der Waals surface area contributed by atoms with E-state index in [-0.39, 0.29) is 0 Å². The molecule has 0 unspecified atom stereocenters. The van der Waals surface area contributed by atoms with Gasteiger partial charge in [0.2, 0.25) is 0 Å². The Bertz CT molecular complexity index is 462. The summed E-state index contributed by atoms with van der Waals surface area (Å²) in [7, 11) is 0. The van der Waals surface area contributed by atoms with Crippen LogP contribution < -0.4 is 5.73 Å². The highest BCUT2D eigenvalue weighted by atomic mass is 35.5. The Balaban J connectivity index is 2.81. The summed E-state index contributed by atoms with van der Waals surface area (Å²) in [6.45, 7) is 2.54. The Kier molecular flexibility index (Phi) is 2.44. The minimum Gasteiger partial charge on any atom is -0.326 e. The molecule has 14 heavy (non-hydrogen) atoms. The maximum atomic E-state index is 6.05. The second-order valence-electron chi connectivity index (χ2n) is 3.13. The summed E-state index contributed by atoms with van der Waals surface area (Å²) in [5.41, 5.74) is 7.61. The molecule has 2 N–H and O–H groups in total. The smallest absolute Gasteiger partial charge is 0.155 e. The largest absolute Gasteiger partial charge is 0.326 e. The third-order valence-electron chi connectivity index (χ3n) is 2.31. The highest BCUT2D eigenvalue weighted by Crippen LogP contribution is 2.22. The summed E-state index contributed by atoms with van der Waals surface area (Å²) in [6.07, 6.45) is 2.83. The topological polar surface area (TPSA) is 43.3 Å². The first kappa shape index (κ1) is 9.49. The summed E-state index contributed by atoms with van der Waals surface area (Å²) in [5, 5.41) is 0.544. The average molecular weight is 210 g/mol. The van der Waals surface area contributed by atoms with Crippen molar-refractivity contribution in [2.24, 2.45) is 5.73 Å². The maximum Gasteiger partial charge on any atom is 0.155 e. The molecular formula is C10H12ClN3. The highest BCUT2D eigenvalue weighted by molar-refractivity contribution is 6.32. The van der Waals surface area contributed by atoms with Gasteiger partial charge in [0.15, 0.2) is 5.15 Å². The number of aryl methyl sites for hydroxylation is 1. The van der Waals surface area contributed by atoms with Crippen LogP contribution >= 0.6 is 11.6 Å². The van der Waals surface area contributed by atoms with E-state index in [4.69, 9.17) is 17.3 Å². The van der Waals surface area contributed by atoms with Crippen LogP contribution in [0.4, 0.5) is 0 Å². The zero-order chi connectivity index (χ0) is 10.1. The zero-order valence-corrected chi connectivity index (χ0v) is 8.75. The van der Waals surface area contributed by atoms with Crippen LogP contribution in [0.5, 0.6) is 0 Å². The van der Waals surface area contributed by atoms with Gasteiger partial charge in [0.25, 0.3) is 0 Å². The normalized spacial score (nSPS) is 11.1. The van der Waals surface area contributed by atoms with Crippen LogP contribution in [0.25, 0.3) is 5.52 Å². The van der Waals surface area contributed by atoms with E-state index in [0.29, 0.717) is 11.7 Å². The second-order valence-corrected chi connectivity index (χ2v) is 3.49. The van der Waals surface area contributed by atoms with Gasteiger partial charge in [-0.05, 0) is 11.6 Å². The molecular weight excluding hydrogens is 198 g/mol. The van der Waals surface area contributed by atoms with E-state index in [1.807, 2.05) is 22.7 Å². The molecule has 2 aromatic heterocycles. The number of hydrogen-bond acceptors (Lipinski definition) is 2. The minimum atomic E-state index is 0.485. The van der Waals surface area contributed by atoms with Crippen LogP contribution in [-0.4, -0.2) is 9.38 Å². The molecule has 0 radical (unpaired) electrons. The lowest BCUT2D eigenvalue weighted by atomic mass is 10.2. The molecule has 2 rings (SSSR count). The average Bonchev–Trinajstić information content (AvgIpc) is 2.55.